The van der Waals surface area contributed by atoms with Crippen molar-refractivity contribution in [2.45, 2.75) is 47.7 Å². The second kappa shape index (κ2) is 13.5. The molecular formula is C39H42N10O6. The Morgan fingerprint density at radius 1 is 0.673 bits per heavy atom. The van der Waals surface area contributed by atoms with Crippen LogP contribution in [0, 0.1) is 27.7 Å². The van der Waals surface area contributed by atoms with Crippen molar-refractivity contribution >= 4 is 33.9 Å². The highest BCUT2D eigenvalue weighted by Gasteiger charge is 2.25. The lowest BCUT2D eigenvalue weighted by Gasteiger charge is -2.11. The molecule has 0 saturated carbocycles. The smallest absolute Gasteiger partial charge is 0.332 e. The molecule has 0 aliphatic heterocycles. The van der Waals surface area contributed by atoms with Crippen LogP contribution in [0.25, 0.3) is 45.3 Å². The lowest BCUT2D eigenvalue weighted by atomic mass is 10.2. The van der Waals surface area contributed by atoms with Gasteiger partial charge in [-0.3, -0.25) is 45.8 Å². The van der Waals surface area contributed by atoms with Crippen LogP contribution in [0.5, 0.6) is 11.5 Å². The summed E-state index contributed by atoms with van der Waals surface area (Å²) in [7, 11) is 6.50. The van der Waals surface area contributed by atoms with E-state index < -0.39 is 5.69 Å². The van der Waals surface area contributed by atoms with Gasteiger partial charge in [0, 0.05) is 55.6 Å². The van der Waals surface area contributed by atoms with Crippen LogP contribution in [0.15, 0.2) is 80.4 Å². The minimum absolute atomic E-state index is 0.145. The van der Waals surface area contributed by atoms with Crippen molar-refractivity contribution in [2.75, 3.05) is 14.2 Å². The van der Waals surface area contributed by atoms with Gasteiger partial charge < -0.3 is 9.47 Å². The van der Waals surface area contributed by atoms with Crippen molar-refractivity contribution in [1.82, 2.24) is 46.2 Å². The zero-order valence-electron chi connectivity index (χ0n) is 32.2. The zero-order chi connectivity index (χ0) is 39.6. The summed E-state index contributed by atoms with van der Waals surface area (Å²) in [6.45, 7) is 13.7. The van der Waals surface area contributed by atoms with Gasteiger partial charge in [-0.05, 0) is 71.0 Å². The van der Waals surface area contributed by atoms with Crippen LogP contribution >= 0.6 is 0 Å². The monoisotopic (exact) mass is 746 g/mol. The van der Waals surface area contributed by atoms with E-state index in [9.17, 15) is 19.2 Å². The first-order chi connectivity index (χ1) is 26.3. The lowest BCUT2D eigenvalue weighted by Crippen LogP contribution is -2.39. The molecule has 16 nitrogen and oxygen atoms in total. The molecule has 0 unspecified atom stereocenters. The number of hydrogen-bond donors (Lipinski definition) is 0. The number of nitrogens with zero attached hydrogens (tertiary/aromatic N) is 10. The van der Waals surface area contributed by atoms with Crippen LogP contribution in [0.2, 0.25) is 0 Å². The summed E-state index contributed by atoms with van der Waals surface area (Å²) < 4.78 is 23.5. The summed E-state index contributed by atoms with van der Waals surface area (Å²) in [5.74, 6) is 2.61. The van der Waals surface area contributed by atoms with Crippen molar-refractivity contribution < 1.29 is 9.47 Å². The first-order valence-electron chi connectivity index (χ1n) is 17.6. The molecule has 284 valence electrons. The molecule has 0 spiro atoms. The summed E-state index contributed by atoms with van der Waals surface area (Å²) in [6, 6.07) is 15.2. The fourth-order valence-corrected chi connectivity index (χ4v) is 7.21. The van der Waals surface area contributed by atoms with E-state index in [-0.39, 0.29) is 23.4 Å². The van der Waals surface area contributed by atoms with Crippen molar-refractivity contribution in [2.24, 2.45) is 14.1 Å². The summed E-state index contributed by atoms with van der Waals surface area (Å²) in [5.41, 5.74) is 5.42. The Bertz CT molecular complexity index is 3090. The van der Waals surface area contributed by atoms with Gasteiger partial charge in [0.05, 0.1) is 19.9 Å². The van der Waals surface area contributed by atoms with Gasteiger partial charge in [-0.15, -0.1) is 6.58 Å². The van der Waals surface area contributed by atoms with E-state index in [1.807, 2.05) is 94.2 Å². The van der Waals surface area contributed by atoms with E-state index >= 15 is 0 Å². The maximum absolute atomic E-state index is 13.1. The fourth-order valence-electron chi connectivity index (χ4n) is 7.21. The number of methoxy groups -OCH3 is 2. The summed E-state index contributed by atoms with van der Waals surface area (Å²) in [6.07, 6.45) is 1.54. The summed E-state index contributed by atoms with van der Waals surface area (Å²) in [4.78, 5) is 60.5. The van der Waals surface area contributed by atoms with Gasteiger partial charge in [-0.1, -0.05) is 18.2 Å². The molecule has 6 heterocycles. The third-order valence-electron chi connectivity index (χ3n) is 10.3. The standard InChI is InChI=1S/C20H21N5O3.C19H21N5O3/c1-6-11-23-18(26)16-17(22(4)20(23)27)21-19-24(12(2)13(3)25(16)19)14-7-9-15(28-5)10-8-14;1-6-22-17(25)15-16(21(4)19(22)26)20-18-23(11(2)12(3)24(15)18)13-9-7-8-10-14(13)27-5/h6-10H,1,11H2,2-5H3;7-10H,6H2,1-5H3. The molecule has 8 rings (SSSR count). The van der Waals surface area contributed by atoms with E-state index in [1.54, 1.807) is 35.2 Å². The van der Waals surface area contributed by atoms with Crippen molar-refractivity contribution in [3.8, 4) is 22.9 Å². The summed E-state index contributed by atoms with van der Waals surface area (Å²) in [5, 5.41) is 0. The maximum atomic E-state index is 13.1. The number of ether oxygens (including phenoxy) is 2. The van der Waals surface area contributed by atoms with E-state index in [2.05, 4.69) is 16.5 Å². The van der Waals surface area contributed by atoms with E-state index in [4.69, 9.17) is 9.47 Å². The molecule has 0 saturated heterocycles. The van der Waals surface area contributed by atoms with Gasteiger partial charge in [-0.2, -0.15) is 9.97 Å². The number of para-hydroxylation sites is 2. The Morgan fingerprint density at radius 3 is 1.71 bits per heavy atom. The third-order valence-corrected chi connectivity index (χ3v) is 10.3. The maximum Gasteiger partial charge on any atom is 0.332 e. The zero-order valence-corrected chi connectivity index (χ0v) is 32.2. The Kier molecular flexibility index (Phi) is 8.99. The number of fused-ring (bicyclic) bond motifs is 6. The van der Waals surface area contributed by atoms with Gasteiger partial charge in [0.2, 0.25) is 11.6 Å². The first kappa shape index (κ1) is 36.5. The molecule has 55 heavy (non-hydrogen) atoms. The fraction of sp³-hybridized carbons (Fsp3) is 0.282. The molecule has 0 bridgehead atoms. The Hall–Kier alpha value is -6.84. The minimum atomic E-state index is -0.413. The number of rotatable bonds is 7. The molecular weight excluding hydrogens is 704 g/mol. The first-order valence-corrected chi connectivity index (χ1v) is 17.6. The number of imidazole rings is 4. The van der Waals surface area contributed by atoms with Gasteiger partial charge in [0.25, 0.3) is 11.1 Å². The molecule has 6 aromatic heterocycles. The van der Waals surface area contributed by atoms with Crippen LogP contribution in [0.1, 0.15) is 29.7 Å². The van der Waals surface area contributed by atoms with Crippen LogP contribution in [0.3, 0.4) is 0 Å². The van der Waals surface area contributed by atoms with Crippen LogP contribution in [-0.4, -0.2) is 60.4 Å². The predicted octanol–water partition coefficient (Wildman–Crippen LogP) is 3.73. The van der Waals surface area contributed by atoms with Crippen LogP contribution in [-0.2, 0) is 27.2 Å². The highest BCUT2D eigenvalue weighted by atomic mass is 16.5. The molecule has 0 aliphatic rings. The second-order valence-corrected chi connectivity index (χ2v) is 13.2. The third kappa shape index (κ3) is 5.26. The lowest BCUT2D eigenvalue weighted by molar-refractivity contribution is 0.413. The quantitative estimate of drug-likeness (QED) is 0.224. The van der Waals surface area contributed by atoms with Gasteiger partial charge >= 0.3 is 11.4 Å². The number of hydrogen-bond acceptors (Lipinski definition) is 8. The molecule has 16 heteroatoms. The Labute approximate surface area is 313 Å². The molecule has 0 fully saturated rings. The van der Waals surface area contributed by atoms with E-state index in [1.165, 1.54) is 24.3 Å². The number of aryl methyl sites for hydroxylation is 4. The minimum Gasteiger partial charge on any atom is -0.497 e. The SMILES string of the molecule is C=CCn1c(=O)c2c(nc3n(-c4ccc(OC)cc4)c(C)c(C)n23)n(C)c1=O.CCn1c(=O)c2c(nc3n(-c4ccccc4OC)c(C)c(C)n23)n(C)c1=O. The topological polar surface area (TPSA) is 151 Å². The average molecular weight is 747 g/mol. The van der Waals surface area contributed by atoms with Crippen molar-refractivity contribution in [1.29, 1.82) is 0 Å². The number of aromatic nitrogens is 10. The number of allylic oxidation sites excluding steroid dienone is 1. The van der Waals surface area contributed by atoms with Crippen molar-refractivity contribution in [3.63, 3.8) is 0 Å². The molecule has 0 radical (unpaired) electrons. The highest BCUT2D eigenvalue weighted by molar-refractivity contribution is 5.78. The van der Waals surface area contributed by atoms with Crippen LogP contribution < -0.4 is 32.0 Å². The predicted molar refractivity (Wildman–Crippen MR) is 211 cm³/mol. The number of benzene rings is 2. The normalized spacial score (nSPS) is 11.5. The average Bonchev–Trinajstić information content (AvgIpc) is 3.90. The van der Waals surface area contributed by atoms with Gasteiger partial charge in [0.1, 0.15) is 11.5 Å². The van der Waals surface area contributed by atoms with E-state index in [0.29, 0.717) is 46.2 Å². The molecule has 2 aromatic carbocycles. The molecule has 0 N–H and O–H groups in total. The molecule has 0 amide bonds. The van der Waals surface area contributed by atoms with Crippen molar-refractivity contribution in [3.05, 3.63) is 126 Å². The second-order valence-electron chi connectivity index (χ2n) is 13.2. The molecule has 0 atom stereocenters. The van der Waals surface area contributed by atoms with E-state index in [0.717, 1.165) is 39.9 Å². The van der Waals surface area contributed by atoms with Gasteiger partial charge in [0.15, 0.2) is 22.3 Å². The molecule has 8 aromatic rings. The summed E-state index contributed by atoms with van der Waals surface area (Å²) >= 11 is 0. The molecule has 0 aliphatic carbocycles. The van der Waals surface area contributed by atoms with Gasteiger partial charge in [-0.25, -0.2) is 9.59 Å². The van der Waals surface area contributed by atoms with Crippen LogP contribution in [0.4, 0.5) is 0 Å². The Balaban J connectivity index is 0.000000169. The highest BCUT2D eigenvalue weighted by Crippen LogP contribution is 2.30. The largest absolute Gasteiger partial charge is 0.497 e. The Morgan fingerprint density at radius 2 is 1.18 bits per heavy atom.